The molecular formula is C24H21N3O5S2. The molecule has 1 unspecified atom stereocenters. The topological polar surface area (TPSA) is 110 Å². The minimum atomic E-state index is -0.932. The lowest BCUT2D eigenvalue weighted by Gasteiger charge is -2.21. The normalized spacial score (nSPS) is 16.1. The fraction of sp³-hybridized carbons (Fsp3) is 0.208. The van der Waals surface area contributed by atoms with Crippen molar-refractivity contribution in [2.24, 2.45) is 0 Å². The summed E-state index contributed by atoms with van der Waals surface area (Å²) in [6, 6.07) is 8.44. The fourth-order valence-corrected chi connectivity index (χ4v) is 5.55. The lowest BCUT2D eigenvalue weighted by Crippen LogP contribution is -2.35. The second kappa shape index (κ2) is 9.32. The molecule has 34 heavy (non-hydrogen) atoms. The van der Waals surface area contributed by atoms with Crippen LogP contribution in [0.2, 0.25) is 0 Å². The van der Waals surface area contributed by atoms with Crippen molar-refractivity contribution >= 4 is 51.5 Å². The Hall–Kier alpha value is -3.63. The van der Waals surface area contributed by atoms with Crippen molar-refractivity contribution in [3.63, 3.8) is 0 Å². The van der Waals surface area contributed by atoms with Crippen LogP contribution in [0.4, 0.5) is 5.13 Å². The SMILES string of the molecule is COC(=O)c1sc(N2C(=O)C(O)=C(C(=O)c3sc(C)nc3C)C2C=Cc2ccccc2)nc1C. The van der Waals surface area contributed by atoms with E-state index >= 15 is 0 Å². The van der Waals surface area contributed by atoms with Crippen LogP contribution in [0.1, 0.15) is 41.3 Å². The molecule has 1 aliphatic rings. The van der Waals surface area contributed by atoms with E-state index in [-0.39, 0.29) is 15.6 Å². The predicted octanol–water partition coefficient (Wildman–Crippen LogP) is 4.44. The van der Waals surface area contributed by atoms with E-state index in [0.29, 0.717) is 21.3 Å². The average molecular weight is 496 g/mol. The van der Waals surface area contributed by atoms with Crippen LogP contribution in [0.15, 0.2) is 47.7 Å². The van der Waals surface area contributed by atoms with Gasteiger partial charge in [-0.15, -0.1) is 11.3 Å². The maximum absolute atomic E-state index is 13.5. The number of Topliss-reactive ketones (excluding diaryl/α,β-unsaturated/α-hetero) is 1. The van der Waals surface area contributed by atoms with E-state index in [2.05, 4.69) is 9.97 Å². The molecule has 0 fully saturated rings. The van der Waals surface area contributed by atoms with Crippen LogP contribution in [0.25, 0.3) is 6.08 Å². The molecular weight excluding hydrogens is 474 g/mol. The number of aliphatic hydroxyl groups is 1. The van der Waals surface area contributed by atoms with Crippen molar-refractivity contribution in [2.75, 3.05) is 12.0 Å². The molecule has 0 aliphatic carbocycles. The van der Waals surface area contributed by atoms with E-state index < -0.39 is 29.5 Å². The second-order valence-electron chi connectivity index (χ2n) is 7.53. The van der Waals surface area contributed by atoms with Gasteiger partial charge in [0.05, 0.1) is 40.0 Å². The van der Waals surface area contributed by atoms with Crippen molar-refractivity contribution in [2.45, 2.75) is 26.8 Å². The van der Waals surface area contributed by atoms with Gasteiger partial charge < -0.3 is 9.84 Å². The third-order valence-electron chi connectivity index (χ3n) is 5.24. The minimum Gasteiger partial charge on any atom is -0.503 e. The van der Waals surface area contributed by atoms with Gasteiger partial charge in [0.25, 0.3) is 5.91 Å². The molecule has 2 aromatic heterocycles. The summed E-state index contributed by atoms with van der Waals surface area (Å²) >= 11 is 2.17. The van der Waals surface area contributed by atoms with Crippen molar-refractivity contribution in [1.82, 2.24) is 9.97 Å². The van der Waals surface area contributed by atoms with Gasteiger partial charge in [-0.3, -0.25) is 14.5 Å². The molecule has 0 spiro atoms. The zero-order valence-corrected chi connectivity index (χ0v) is 20.5. The van der Waals surface area contributed by atoms with Crippen LogP contribution in [0, 0.1) is 20.8 Å². The summed E-state index contributed by atoms with van der Waals surface area (Å²) in [4.78, 5) is 49.3. The number of amides is 1. The van der Waals surface area contributed by atoms with Gasteiger partial charge in [0, 0.05) is 0 Å². The Bertz CT molecular complexity index is 1350. The Morgan fingerprint density at radius 3 is 2.35 bits per heavy atom. The van der Waals surface area contributed by atoms with E-state index in [1.165, 1.54) is 23.3 Å². The number of nitrogens with zero attached hydrogens (tertiary/aromatic N) is 3. The van der Waals surface area contributed by atoms with Gasteiger partial charge in [-0.05, 0) is 26.3 Å². The van der Waals surface area contributed by atoms with Gasteiger partial charge >= 0.3 is 5.97 Å². The second-order valence-corrected chi connectivity index (χ2v) is 9.71. The zero-order chi connectivity index (χ0) is 24.6. The van der Waals surface area contributed by atoms with E-state index in [1.807, 2.05) is 30.3 Å². The number of carbonyl (C=O) groups is 3. The monoisotopic (exact) mass is 495 g/mol. The lowest BCUT2D eigenvalue weighted by molar-refractivity contribution is -0.116. The summed E-state index contributed by atoms with van der Waals surface area (Å²) in [5.41, 5.74) is 1.71. The standard InChI is InChI=1S/C24H21N3O5S2/c1-12-20(33-14(3)25-12)18(28)17-16(11-10-15-8-6-5-7-9-15)27(22(30)19(17)29)24-26-13(2)21(34-24)23(31)32-4/h5-11,16,29H,1-4H3. The quantitative estimate of drug-likeness (QED) is 0.398. The first-order valence-corrected chi connectivity index (χ1v) is 11.9. The number of hydrogen-bond acceptors (Lipinski definition) is 9. The first kappa shape index (κ1) is 23.5. The van der Waals surface area contributed by atoms with Crippen LogP contribution in [-0.4, -0.2) is 45.9 Å². The minimum absolute atomic E-state index is 0.0589. The van der Waals surface area contributed by atoms with E-state index in [1.54, 1.807) is 32.9 Å². The van der Waals surface area contributed by atoms with Crippen LogP contribution in [0.5, 0.6) is 0 Å². The Morgan fingerprint density at radius 2 is 1.74 bits per heavy atom. The van der Waals surface area contributed by atoms with Crippen LogP contribution < -0.4 is 4.90 Å². The summed E-state index contributed by atoms with van der Waals surface area (Å²) in [7, 11) is 1.26. The van der Waals surface area contributed by atoms with E-state index in [0.717, 1.165) is 16.9 Å². The first-order valence-electron chi connectivity index (χ1n) is 10.3. The molecule has 174 valence electrons. The number of aromatic nitrogens is 2. The van der Waals surface area contributed by atoms with Gasteiger partial charge in [-0.1, -0.05) is 53.8 Å². The van der Waals surface area contributed by atoms with Gasteiger partial charge in [0.15, 0.2) is 10.9 Å². The number of hydrogen-bond donors (Lipinski definition) is 1. The molecule has 4 rings (SSSR count). The largest absolute Gasteiger partial charge is 0.503 e. The number of aryl methyl sites for hydroxylation is 3. The molecule has 0 saturated heterocycles. The number of carbonyl (C=O) groups excluding carboxylic acids is 3. The highest BCUT2D eigenvalue weighted by molar-refractivity contribution is 7.17. The first-order chi connectivity index (χ1) is 16.2. The molecule has 0 saturated carbocycles. The van der Waals surface area contributed by atoms with Crippen molar-refractivity contribution < 1.29 is 24.2 Å². The number of aliphatic hydroxyl groups excluding tert-OH is 1. The number of rotatable bonds is 6. The summed E-state index contributed by atoms with van der Waals surface area (Å²) < 4.78 is 4.80. The smallest absolute Gasteiger partial charge is 0.350 e. The fourth-order valence-electron chi connectivity index (χ4n) is 3.65. The third-order valence-corrected chi connectivity index (χ3v) is 7.45. The number of esters is 1. The highest BCUT2D eigenvalue weighted by atomic mass is 32.1. The number of benzene rings is 1. The molecule has 1 amide bonds. The molecule has 1 atom stereocenters. The number of thiazole rings is 2. The van der Waals surface area contributed by atoms with Crippen LogP contribution in [-0.2, 0) is 9.53 Å². The molecule has 1 aromatic carbocycles. The number of ketones is 1. The molecule has 10 heteroatoms. The maximum atomic E-state index is 13.5. The molecule has 0 bridgehead atoms. The Labute approximate surface area is 203 Å². The summed E-state index contributed by atoms with van der Waals surface area (Å²) in [5.74, 6) is -2.46. The molecule has 1 N–H and O–H groups in total. The van der Waals surface area contributed by atoms with Crippen LogP contribution in [0.3, 0.4) is 0 Å². The maximum Gasteiger partial charge on any atom is 0.350 e. The molecule has 3 aromatic rings. The van der Waals surface area contributed by atoms with Gasteiger partial charge in [-0.25, -0.2) is 14.8 Å². The Kier molecular flexibility index (Phi) is 6.45. The Balaban J connectivity index is 1.83. The molecule has 0 radical (unpaired) electrons. The highest BCUT2D eigenvalue weighted by Crippen LogP contribution is 2.38. The number of methoxy groups -OCH3 is 1. The molecule has 8 nitrogen and oxygen atoms in total. The molecule has 1 aliphatic heterocycles. The molecule has 3 heterocycles. The van der Waals surface area contributed by atoms with Crippen molar-refractivity contribution in [3.8, 4) is 0 Å². The lowest BCUT2D eigenvalue weighted by atomic mass is 10.0. The van der Waals surface area contributed by atoms with Gasteiger partial charge in [0.2, 0.25) is 5.78 Å². The summed E-state index contributed by atoms with van der Waals surface area (Å²) in [5, 5.41) is 11.7. The predicted molar refractivity (Wildman–Crippen MR) is 131 cm³/mol. The average Bonchev–Trinajstić information content (AvgIpc) is 3.45. The van der Waals surface area contributed by atoms with E-state index in [9.17, 15) is 19.5 Å². The summed E-state index contributed by atoms with van der Waals surface area (Å²) in [6.07, 6.45) is 3.44. The highest BCUT2D eigenvalue weighted by Gasteiger charge is 2.45. The summed E-state index contributed by atoms with van der Waals surface area (Å²) in [6.45, 7) is 5.13. The number of anilines is 1. The third kappa shape index (κ3) is 4.17. The number of ether oxygens (including phenoxy) is 1. The van der Waals surface area contributed by atoms with Gasteiger partial charge in [-0.2, -0.15) is 0 Å². The van der Waals surface area contributed by atoms with Gasteiger partial charge in [0.1, 0.15) is 4.88 Å². The Morgan fingerprint density at radius 1 is 1.06 bits per heavy atom. The van der Waals surface area contributed by atoms with Crippen molar-refractivity contribution in [3.05, 3.63) is 79.5 Å². The van der Waals surface area contributed by atoms with E-state index in [4.69, 9.17) is 4.74 Å². The van der Waals surface area contributed by atoms with Crippen molar-refractivity contribution in [1.29, 1.82) is 0 Å². The van der Waals surface area contributed by atoms with Crippen LogP contribution >= 0.6 is 22.7 Å². The zero-order valence-electron chi connectivity index (χ0n) is 18.9.